The summed E-state index contributed by atoms with van der Waals surface area (Å²) in [7, 11) is -3.80. The third-order valence-corrected chi connectivity index (χ3v) is 5.21. The van der Waals surface area contributed by atoms with E-state index in [1.54, 1.807) is 0 Å². The molecule has 0 bridgehead atoms. The van der Waals surface area contributed by atoms with E-state index in [-0.39, 0.29) is 17.5 Å². The zero-order valence-electron chi connectivity index (χ0n) is 10.9. The minimum absolute atomic E-state index is 0.0985. The maximum absolute atomic E-state index is 13.8. The number of hydrogen-bond donors (Lipinski definition) is 2. The molecule has 0 amide bonds. The van der Waals surface area contributed by atoms with Crippen LogP contribution in [0.25, 0.3) is 0 Å². The van der Waals surface area contributed by atoms with Gasteiger partial charge in [0.15, 0.2) is 0 Å². The van der Waals surface area contributed by atoms with Crippen molar-refractivity contribution >= 4 is 10.0 Å². The highest BCUT2D eigenvalue weighted by molar-refractivity contribution is 7.89. The number of nitrogens with two attached hydrogens (primary N) is 1. The Bertz CT molecular complexity index is 560. The van der Waals surface area contributed by atoms with E-state index in [1.807, 2.05) is 6.92 Å². The van der Waals surface area contributed by atoms with E-state index in [4.69, 9.17) is 5.73 Å². The first-order valence-electron chi connectivity index (χ1n) is 6.45. The Hall–Kier alpha value is -0.980. The standard InChI is InChI=1S/C13H19FN2O2S/c1-9-3-2-4-12(9)16-19(17,18)13-6-5-10(8-15)7-11(13)14/h5-7,9,12,16H,2-4,8,15H2,1H3. The van der Waals surface area contributed by atoms with Crippen molar-refractivity contribution in [3.63, 3.8) is 0 Å². The van der Waals surface area contributed by atoms with Crippen molar-refractivity contribution in [2.45, 2.75) is 43.7 Å². The molecule has 2 unspecified atom stereocenters. The lowest BCUT2D eigenvalue weighted by atomic mass is 10.1. The summed E-state index contributed by atoms with van der Waals surface area (Å²) in [6.45, 7) is 2.19. The van der Waals surface area contributed by atoms with Crippen LogP contribution >= 0.6 is 0 Å². The summed E-state index contributed by atoms with van der Waals surface area (Å²) in [6, 6.07) is 3.89. The summed E-state index contributed by atoms with van der Waals surface area (Å²) in [5.74, 6) is -0.456. The van der Waals surface area contributed by atoms with Gasteiger partial charge >= 0.3 is 0 Å². The van der Waals surface area contributed by atoms with E-state index in [0.717, 1.165) is 19.3 Å². The normalized spacial score (nSPS) is 23.7. The molecular weight excluding hydrogens is 267 g/mol. The summed E-state index contributed by atoms with van der Waals surface area (Å²) in [5.41, 5.74) is 5.97. The SMILES string of the molecule is CC1CCCC1NS(=O)(=O)c1ccc(CN)cc1F. The van der Waals surface area contributed by atoms with Gasteiger partial charge in [0, 0.05) is 12.6 Å². The molecule has 1 saturated carbocycles. The highest BCUT2D eigenvalue weighted by Crippen LogP contribution is 2.27. The molecule has 0 radical (unpaired) electrons. The van der Waals surface area contributed by atoms with E-state index in [1.165, 1.54) is 18.2 Å². The fourth-order valence-electron chi connectivity index (χ4n) is 2.47. The van der Waals surface area contributed by atoms with Crippen molar-refractivity contribution in [3.8, 4) is 0 Å². The molecule has 1 aromatic carbocycles. The van der Waals surface area contributed by atoms with E-state index in [0.29, 0.717) is 11.5 Å². The Morgan fingerprint density at radius 1 is 1.42 bits per heavy atom. The predicted molar refractivity (Wildman–Crippen MR) is 71.4 cm³/mol. The smallest absolute Gasteiger partial charge is 0.243 e. The van der Waals surface area contributed by atoms with Crippen LogP contribution in [0.5, 0.6) is 0 Å². The average molecular weight is 286 g/mol. The van der Waals surface area contributed by atoms with Gasteiger partial charge in [0.1, 0.15) is 10.7 Å². The van der Waals surface area contributed by atoms with Gasteiger partial charge in [0.2, 0.25) is 10.0 Å². The summed E-state index contributed by atoms with van der Waals surface area (Å²) in [4.78, 5) is -0.302. The first-order valence-corrected chi connectivity index (χ1v) is 7.93. The highest BCUT2D eigenvalue weighted by atomic mass is 32.2. The third-order valence-electron chi connectivity index (χ3n) is 3.69. The summed E-state index contributed by atoms with van der Waals surface area (Å²) in [6.07, 6.45) is 2.81. The van der Waals surface area contributed by atoms with Crippen LogP contribution in [0.1, 0.15) is 31.7 Å². The monoisotopic (exact) mass is 286 g/mol. The molecule has 0 saturated heterocycles. The topological polar surface area (TPSA) is 72.2 Å². The number of benzene rings is 1. The molecule has 1 fully saturated rings. The van der Waals surface area contributed by atoms with Crippen LogP contribution in [-0.4, -0.2) is 14.5 Å². The first-order chi connectivity index (χ1) is 8.94. The van der Waals surface area contributed by atoms with Crippen LogP contribution in [0.2, 0.25) is 0 Å². The van der Waals surface area contributed by atoms with Gasteiger partial charge in [0.05, 0.1) is 0 Å². The number of nitrogens with one attached hydrogen (secondary N) is 1. The molecule has 2 atom stereocenters. The van der Waals surface area contributed by atoms with Crippen molar-refractivity contribution in [1.82, 2.24) is 4.72 Å². The van der Waals surface area contributed by atoms with Crippen LogP contribution in [0.3, 0.4) is 0 Å². The molecule has 1 aliphatic carbocycles. The number of rotatable bonds is 4. The fourth-order valence-corrected chi connectivity index (χ4v) is 3.91. The Morgan fingerprint density at radius 3 is 2.68 bits per heavy atom. The maximum Gasteiger partial charge on any atom is 0.243 e. The van der Waals surface area contributed by atoms with Gasteiger partial charge in [-0.3, -0.25) is 0 Å². The van der Waals surface area contributed by atoms with Crippen LogP contribution in [0.15, 0.2) is 23.1 Å². The van der Waals surface area contributed by atoms with Crippen molar-refractivity contribution < 1.29 is 12.8 Å². The second-order valence-corrected chi connectivity index (χ2v) is 6.79. The van der Waals surface area contributed by atoms with Gasteiger partial charge in [-0.15, -0.1) is 0 Å². The molecule has 106 valence electrons. The summed E-state index contributed by atoms with van der Waals surface area (Å²) in [5, 5.41) is 0. The molecule has 2 rings (SSSR count). The van der Waals surface area contributed by atoms with Crippen LogP contribution in [0.4, 0.5) is 4.39 Å². The molecule has 3 N–H and O–H groups in total. The molecule has 0 heterocycles. The lowest BCUT2D eigenvalue weighted by molar-refractivity contribution is 0.473. The zero-order chi connectivity index (χ0) is 14.0. The van der Waals surface area contributed by atoms with Gasteiger partial charge in [-0.05, 0) is 36.5 Å². The van der Waals surface area contributed by atoms with Crippen LogP contribution < -0.4 is 10.5 Å². The summed E-state index contributed by atoms with van der Waals surface area (Å²) < 4.78 is 40.8. The maximum atomic E-state index is 13.8. The quantitative estimate of drug-likeness (QED) is 0.885. The Morgan fingerprint density at radius 2 is 2.16 bits per heavy atom. The average Bonchev–Trinajstić information content (AvgIpc) is 2.73. The summed E-state index contributed by atoms with van der Waals surface area (Å²) >= 11 is 0. The van der Waals surface area contributed by atoms with Gasteiger partial charge in [-0.1, -0.05) is 19.4 Å². The van der Waals surface area contributed by atoms with E-state index in [2.05, 4.69) is 4.72 Å². The number of hydrogen-bond acceptors (Lipinski definition) is 3. The predicted octanol–water partition coefficient (Wildman–Crippen LogP) is 1.75. The molecule has 1 aliphatic rings. The Balaban J connectivity index is 2.24. The molecule has 6 heteroatoms. The molecule has 1 aromatic rings. The van der Waals surface area contributed by atoms with E-state index >= 15 is 0 Å². The highest BCUT2D eigenvalue weighted by Gasteiger charge is 2.29. The molecule has 4 nitrogen and oxygen atoms in total. The third kappa shape index (κ3) is 3.13. The van der Waals surface area contributed by atoms with E-state index in [9.17, 15) is 12.8 Å². The molecule has 0 aliphatic heterocycles. The van der Waals surface area contributed by atoms with E-state index < -0.39 is 15.8 Å². The number of sulfonamides is 1. The Labute approximate surface area is 113 Å². The fraction of sp³-hybridized carbons (Fsp3) is 0.538. The molecule has 0 spiro atoms. The molecule has 19 heavy (non-hydrogen) atoms. The van der Waals surface area contributed by atoms with Crippen molar-refractivity contribution in [3.05, 3.63) is 29.6 Å². The van der Waals surface area contributed by atoms with Gasteiger partial charge < -0.3 is 5.73 Å². The van der Waals surface area contributed by atoms with Gasteiger partial charge in [-0.2, -0.15) is 0 Å². The lowest BCUT2D eigenvalue weighted by Crippen LogP contribution is -2.36. The van der Waals surface area contributed by atoms with Crippen LogP contribution in [0, 0.1) is 11.7 Å². The minimum atomic E-state index is -3.80. The second kappa shape index (κ2) is 5.56. The minimum Gasteiger partial charge on any atom is -0.326 e. The second-order valence-electron chi connectivity index (χ2n) is 5.10. The lowest BCUT2D eigenvalue weighted by Gasteiger charge is -2.17. The van der Waals surface area contributed by atoms with Crippen molar-refractivity contribution in [2.24, 2.45) is 11.7 Å². The Kier molecular flexibility index (Phi) is 4.23. The van der Waals surface area contributed by atoms with Crippen LogP contribution in [-0.2, 0) is 16.6 Å². The molecular formula is C13H19FN2O2S. The number of halogens is 1. The first kappa shape index (κ1) is 14.4. The zero-order valence-corrected chi connectivity index (χ0v) is 11.7. The van der Waals surface area contributed by atoms with Gasteiger partial charge in [0.25, 0.3) is 0 Å². The van der Waals surface area contributed by atoms with Crippen molar-refractivity contribution in [2.75, 3.05) is 0 Å². The largest absolute Gasteiger partial charge is 0.326 e. The van der Waals surface area contributed by atoms with Crippen molar-refractivity contribution in [1.29, 1.82) is 0 Å². The molecule has 0 aromatic heterocycles. The van der Waals surface area contributed by atoms with Gasteiger partial charge in [-0.25, -0.2) is 17.5 Å².